The number of hydrogen-bond donors (Lipinski definition) is 1. The SMILES string of the molecule is COc1ccc(CCN(C)CCS)cc1. The predicted molar refractivity (Wildman–Crippen MR) is 68.0 cm³/mol. The Labute approximate surface area is 97.6 Å². The normalized spacial score (nSPS) is 10.7. The molecule has 0 saturated carbocycles. The van der Waals surface area contributed by atoms with Crippen LogP contribution in [0.5, 0.6) is 5.75 Å². The van der Waals surface area contributed by atoms with Crippen LogP contribution in [0.25, 0.3) is 0 Å². The van der Waals surface area contributed by atoms with Crippen molar-refractivity contribution < 1.29 is 4.74 Å². The summed E-state index contributed by atoms with van der Waals surface area (Å²) < 4.78 is 5.11. The van der Waals surface area contributed by atoms with E-state index in [0.717, 1.165) is 31.0 Å². The van der Waals surface area contributed by atoms with Gasteiger partial charge in [-0.25, -0.2) is 0 Å². The standard InChI is InChI=1S/C12H19NOS/c1-13(9-10-15)8-7-11-3-5-12(14-2)6-4-11/h3-6,15H,7-10H2,1-2H3. The number of thiol groups is 1. The van der Waals surface area contributed by atoms with Crippen LogP contribution >= 0.6 is 12.6 Å². The third-order valence-electron chi connectivity index (χ3n) is 2.42. The molecule has 0 radical (unpaired) electrons. The molecule has 0 N–H and O–H groups in total. The molecule has 2 nitrogen and oxygen atoms in total. The first-order valence-corrected chi connectivity index (χ1v) is 5.82. The molecule has 0 aliphatic heterocycles. The number of methoxy groups -OCH3 is 1. The average molecular weight is 225 g/mol. The first kappa shape index (κ1) is 12.4. The molecule has 0 atom stereocenters. The molecule has 0 aliphatic carbocycles. The Hall–Kier alpha value is -0.670. The highest BCUT2D eigenvalue weighted by Crippen LogP contribution is 2.11. The van der Waals surface area contributed by atoms with Gasteiger partial charge in [0.2, 0.25) is 0 Å². The van der Waals surface area contributed by atoms with E-state index >= 15 is 0 Å². The van der Waals surface area contributed by atoms with Crippen molar-refractivity contribution in [2.24, 2.45) is 0 Å². The third kappa shape index (κ3) is 4.58. The van der Waals surface area contributed by atoms with Gasteiger partial charge in [0.25, 0.3) is 0 Å². The molecule has 0 amide bonds. The smallest absolute Gasteiger partial charge is 0.118 e. The summed E-state index contributed by atoms with van der Waals surface area (Å²) in [6, 6.07) is 8.25. The van der Waals surface area contributed by atoms with Crippen LogP contribution in [0.3, 0.4) is 0 Å². The zero-order valence-electron chi connectivity index (χ0n) is 9.44. The third-order valence-corrected chi connectivity index (χ3v) is 2.62. The maximum absolute atomic E-state index is 5.11. The van der Waals surface area contributed by atoms with E-state index in [1.807, 2.05) is 12.1 Å². The topological polar surface area (TPSA) is 12.5 Å². The molecule has 0 spiro atoms. The van der Waals surface area contributed by atoms with Gasteiger partial charge in [0, 0.05) is 18.8 Å². The minimum atomic E-state index is 0.916. The predicted octanol–water partition coefficient (Wildman–Crippen LogP) is 2.10. The lowest BCUT2D eigenvalue weighted by atomic mass is 10.1. The molecule has 0 aromatic heterocycles. The van der Waals surface area contributed by atoms with Crippen LogP contribution in [0.15, 0.2) is 24.3 Å². The Bertz CT molecular complexity index is 273. The van der Waals surface area contributed by atoms with E-state index < -0.39 is 0 Å². The van der Waals surface area contributed by atoms with Crippen LogP contribution in [-0.2, 0) is 6.42 Å². The molecule has 15 heavy (non-hydrogen) atoms. The fourth-order valence-corrected chi connectivity index (χ4v) is 1.74. The van der Waals surface area contributed by atoms with Gasteiger partial charge in [0.1, 0.15) is 5.75 Å². The number of rotatable bonds is 6. The fraction of sp³-hybridized carbons (Fsp3) is 0.500. The number of benzene rings is 1. The minimum Gasteiger partial charge on any atom is -0.497 e. The number of hydrogen-bond acceptors (Lipinski definition) is 3. The van der Waals surface area contributed by atoms with Gasteiger partial charge in [-0.2, -0.15) is 12.6 Å². The average Bonchev–Trinajstić information content (AvgIpc) is 2.27. The van der Waals surface area contributed by atoms with Gasteiger partial charge in [-0.1, -0.05) is 12.1 Å². The molecular formula is C12H19NOS. The quantitative estimate of drug-likeness (QED) is 0.744. The second kappa shape index (κ2) is 6.75. The van der Waals surface area contributed by atoms with Crippen LogP contribution in [0, 0.1) is 0 Å². The van der Waals surface area contributed by atoms with Crippen LogP contribution in [-0.4, -0.2) is 37.9 Å². The first-order chi connectivity index (χ1) is 7.26. The molecule has 1 rings (SSSR count). The lowest BCUT2D eigenvalue weighted by Crippen LogP contribution is -2.23. The Morgan fingerprint density at radius 1 is 1.20 bits per heavy atom. The lowest BCUT2D eigenvalue weighted by molar-refractivity contribution is 0.360. The van der Waals surface area contributed by atoms with Gasteiger partial charge in [-0.3, -0.25) is 0 Å². The molecule has 1 aromatic rings. The maximum Gasteiger partial charge on any atom is 0.118 e. The second-order valence-electron chi connectivity index (χ2n) is 3.62. The summed E-state index contributed by atoms with van der Waals surface area (Å²) in [6.45, 7) is 2.12. The van der Waals surface area contributed by atoms with Gasteiger partial charge < -0.3 is 9.64 Å². The Morgan fingerprint density at radius 2 is 1.87 bits per heavy atom. The molecule has 0 heterocycles. The molecule has 0 unspecified atom stereocenters. The summed E-state index contributed by atoms with van der Waals surface area (Å²) in [5.41, 5.74) is 1.35. The van der Waals surface area contributed by atoms with E-state index in [4.69, 9.17) is 4.74 Å². The maximum atomic E-state index is 5.11. The minimum absolute atomic E-state index is 0.916. The zero-order chi connectivity index (χ0) is 11.1. The van der Waals surface area contributed by atoms with E-state index in [0.29, 0.717) is 0 Å². The van der Waals surface area contributed by atoms with Gasteiger partial charge in [-0.05, 0) is 31.2 Å². The molecule has 84 valence electrons. The van der Waals surface area contributed by atoms with Crippen molar-refractivity contribution in [1.29, 1.82) is 0 Å². The van der Waals surface area contributed by atoms with Gasteiger partial charge in [0.15, 0.2) is 0 Å². The van der Waals surface area contributed by atoms with E-state index in [2.05, 4.69) is 36.7 Å². The Morgan fingerprint density at radius 3 is 2.40 bits per heavy atom. The van der Waals surface area contributed by atoms with Crippen molar-refractivity contribution >= 4 is 12.6 Å². The van der Waals surface area contributed by atoms with Gasteiger partial charge in [-0.15, -0.1) is 0 Å². The van der Waals surface area contributed by atoms with E-state index in [1.165, 1.54) is 5.56 Å². The highest BCUT2D eigenvalue weighted by Gasteiger charge is 1.98. The highest BCUT2D eigenvalue weighted by molar-refractivity contribution is 7.80. The molecule has 0 saturated heterocycles. The van der Waals surface area contributed by atoms with E-state index in [9.17, 15) is 0 Å². The van der Waals surface area contributed by atoms with Crippen LogP contribution in [0.4, 0.5) is 0 Å². The number of likely N-dealkylation sites (N-methyl/N-ethyl adjacent to an activating group) is 1. The number of ether oxygens (including phenoxy) is 1. The summed E-state index contributed by atoms with van der Waals surface area (Å²) in [6.07, 6.45) is 1.08. The zero-order valence-corrected chi connectivity index (χ0v) is 10.3. The van der Waals surface area contributed by atoms with E-state index in [1.54, 1.807) is 7.11 Å². The van der Waals surface area contributed by atoms with Gasteiger partial charge >= 0.3 is 0 Å². The van der Waals surface area contributed by atoms with Crippen molar-refractivity contribution in [1.82, 2.24) is 4.90 Å². The molecule has 1 aromatic carbocycles. The van der Waals surface area contributed by atoms with E-state index in [-0.39, 0.29) is 0 Å². The number of nitrogens with zero attached hydrogens (tertiary/aromatic N) is 1. The second-order valence-corrected chi connectivity index (χ2v) is 4.07. The van der Waals surface area contributed by atoms with Crippen molar-refractivity contribution in [2.45, 2.75) is 6.42 Å². The summed E-state index contributed by atoms with van der Waals surface area (Å²) in [5.74, 6) is 1.83. The van der Waals surface area contributed by atoms with Crippen molar-refractivity contribution in [3.63, 3.8) is 0 Å². The van der Waals surface area contributed by atoms with Crippen LogP contribution in [0.1, 0.15) is 5.56 Å². The molecule has 3 heteroatoms. The largest absolute Gasteiger partial charge is 0.497 e. The first-order valence-electron chi connectivity index (χ1n) is 5.18. The molecular weight excluding hydrogens is 206 g/mol. The molecule has 0 fully saturated rings. The monoisotopic (exact) mass is 225 g/mol. The fourth-order valence-electron chi connectivity index (χ4n) is 1.39. The summed E-state index contributed by atoms with van der Waals surface area (Å²) in [5, 5.41) is 0. The summed E-state index contributed by atoms with van der Waals surface area (Å²) in [7, 11) is 3.81. The summed E-state index contributed by atoms with van der Waals surface area (Å²) >= 11 is 4.21. The van der Waals surface area contributed by atoms with Crippen LogP contribution in [0.2, 0.25) is 0 Å². The summed E-state index contributed by atoms with van der Waals surface area (Å²) in [4.78, 5) is 2.29. The lowest BCUT2D eigenvalue weighted by Gasteiger charge is -2.14. The molecule has 0 bridgehead atoms. The Kier molecular flexibility index (Phi) is 5.58. The highest BCUT2D eigenvalue weighted by atomic mass is 32.1. The van der Waals surface area contributed by atoms with Gasteiger partial charge in [0.05, 0.1) is 7.11 Å². The van der Waals surface area contributed by atoms with Crippen molar-refractivity contribution in [3.8, 4) is 5.75 Å². The van der Waals surface area contributed by atoms with Crippen LogP contribution < -0.4 is 4.74 Å². The van der Waals surface area contributed by atoms with Crippen molar-refractivity contribution in [2.75, 3.05) is 33.0 Å². The molecule has 0 aliphatic rings. The Balaban J connectivity index is 2.37. The van der Waals surface area contributed by atoms with Crippen molar-refractivity contribution in [3.05, 3.63) is 29.8 Å².